The van der Waals surface area contributed by atoms with E-state index in [0.717, 1.165) is 0 Å². The van der Waals surface area contributed by atoms with Crippen molar-refractivity contribution in [1.29, 1.82) is 0 Å². The number of esters is 1. The molecule has 1 aliphatic rings. The predicted octanol–water partition coefficient (Wildman–Crippen LogP) is 0.677. The molecule has 3 nitrogen and oxygen atoms in total. The Hall–Kier alpha value is -0.570. The van der Waals surface area contributed by atoms with E-state index in [9.17, 15) is 4.79 Å². The number of ether oxygens (including phenoxy) is 1. The second-order valence-corrected chi connectivity index (χ2v) is 3.01. The highest BCUT2D eigenvalue weighted by Crippen LogP contribution is 2.32. The van der Waals surface area contributed by atoms with Crippen molar-refractivity contribution in [1.82, 2.24) is 0 Å². The average Bonchev–Trinajstić information content (AvgIpc) is 2.67. The van der Waals surface area contributed by atoms with Gasteiger partial charge in [0, 0.05) is 6.04 Å². The fourth-order valence-corrected chi connectivity index (χ4v) is 1.10. The van der Waals surface area contributed by atoms with Crippen LogP contribution in [0.2, 0.25) is 0 Å². The second kappa shape index (κ2) is 3.72. The number of nitrogens with two attached hydrogens (primary N) is 1. The van der Waals surface area contributed by atoms with Gasteiger partial charge in [0.05, 0.1) is 13.0 Å². The summed E-state index contributed by atoms with van der Waals surface area (Å²) in [6.45, 7) is 2.26. The third-order valence-corrected chi connectivity index (χ3v) is 1.94. The monoisotopic (exact) mass is 157 g/mol. The number of hydrogen-bond acceptors (Lipinski definition) is 3. The molecule has 0 radical (unpaired) electrons. The summed E-state index contributed by atoms with van der Waals surface area (Å²) in [6, 6.07) is 0.0362. The van der Waals surface area contributed by atoms with Gasteiger partial charge in [-0.3, -0.25) is 4.79 Å². The smallest absolute Gasteiger partial charge is 0.307 e. The molecule has 0 aromatic carbocycles. The Labute approximate surface area is 66.9 Å². The molecule has 1 fully saturated rings. The van der Waals surface area contributed by atoms with E-state index in [0.29, 0.717) is 18.9 Å². The Morgan fingerprint density at radius 3 is 2.82 bits per heavy atom. The van der Waals surface area contributed by atoms with Crippen LogP contribution in [0.1, 0.15) is 26.2 Å². The summed E-state index contributed by atoms with van der Waals surface area (Å²) >= 11 is 0. The van der Waals surface area contributed by atoms with Crippen molar-refractivity contribution in [2.45, 2.75) is 32.2 Å². The highest BCUT2D eigenvalue weighted by Gasteiger charge is 2.29. The third kappa shape index (κ3) is 2.89. The van der Waals surface area contributed by atoms with Crippen molar-refractivity contribution < 1.29 is 9.53 Å². The lowest BCUT2D eigenvalue weighted by Gasteiger charge is -2.08. The van der Waals surface area contributed by atoms with Gasteiger partial charge in [0.25, 0.3) is 0 Å². The van der Waals surface area contributed by atoms with Gasteiger partial charge in [-0.1, -0.05) is 0 Å². The maximum Gasteiger partial charge on any atom is 0.307 e. The van der Waals surface area contributed by atoms with Crippen molar-refractivity contribution in [3.8, 4) is 0 Å². The molecule has 0 unspecified atom stereocenters. The lowest BCUT2D eigenvalue weighted by atomic mass is 10.1. The predicted molar refractivity (Wildman–Crippen MR) is 41.9 cm³/mol. The van der Waals surface area contributed by atoms with Crippen LogP contribution in [0.4, 0.5) is 0 Å². The van der Waals surface area contributed by atoms with Gasteiger partial charge in [-0.25, -0.2) is 0 Å². The summed E-state index contributed by atoms with van der Waals surface area (Å²) < 4.78 is 4.77. The van der Waals surface area contributed by atoms with Crippen LogP contribution in [0.3, 0.4) is 0 Å². The molecule has 3 heteroatoms. The van der Waals surface area contributed by atoms with Crippen molar-refractivity contribution in [2.75, 3.05) is 6.61 Å². The van der Waals surface area contributed by atoms with Crippen LogP contribution in [-0.2, 0) is 9.53 Å². The van der Waals surface area contributed by atoms with E-state index in [2.05, 4.69) is 0 Å². The largest absolute Gasteiger partial charge is 0.466 e. The Morgan fingerprint density at radius 1 is 1.73 bits per heavy atom. The Balaban J connectivity index is 2.12. The molecule has 0 aromatic rings. The zero-order chi connectivity index (χ0) is 8.27. The van der Waals surface area contributed by atoms with Crippen molar-refractivity contribution in [2.24, 2.45) is 11.7 Å². The van der Waals surface area contributed by atoms with E-state index >= 15 is 0 Å². The van der Waals surface area contributed by atoms with Gasteiger partial charge < -0.3 is 10.5 Å². The van der Waals surface area contributed by atoms with Gasteiger partial charge in [0.15, 0.2) is 0 Å². The van der Waals surface area contributed by atoms with Gasteiger partial charge in [0.2, 0.25) is 0 Å². The molecule has 1 saturated carbocycles. The van der Waals surface area contributed by atoms with Crippen LogP contribution in [0.5, 0.6) is 0 Å². The number of rotatable bonds is 4. The minimum atomic E-state index is -0.160. The molecule has 1 rings (SSSR count). The Morgan fingerprint density at radius 2 is 2.36 bits per heavy atom. The molecule has 11 heavy (non-hydrogen) atoms. The highest BCUT2D eigenvalue weighted by molar-refractivity contribution is 5.70. The summed E-state index contributed by atoms with van der Waals surface area (Å²) in [7, 11) is 0. The molecule has 0 bridgehead atoms. The summed E-state index contributed by atoms with van der Waals surface area (Å²) in [5, 5.41) is 0. The fraction of sp³-hybridized carbons (Fsp3) is 0.875. The molecule has 1 atom stereocenters. The Bertz CT molecular complexity index is 143. The van der Waals surface area contributed by atoms with Crippen molar-refractivity contribution in [3.05, 3.63) is 0 Å². The van der Waals surface area contributed by atoms with Crippen LogP contribution in [-0.4, -0.2) is 18.6 Å². The first kappa shape index (κ1) is 8.53. The number of carbonyl (C=O) groups excluding carboxylic acids is 1. The van der Waals surface area contributed by atoms with E-state index in [1.165, 1.54) is 12.8 Å². The van der Waals surface area contributed by atoms with E-state index in [-0.39, 0.29) is 12.0 Å². The second-order valence-electron chi connectivity index (χ2n) is 3.01. The lowest BCUT2D eigenvalue weighted by molar-refractivity contribution is -0.143. The maximum atomic E-state index is 10.9. The minimum absolute atomic E-state index is 0.0362. The molecule has 0 aliphatic heterocycles. The van der Waals surface area contributed by atoms with Crippen LogP contribution in [0, 0.1) is 5.92 Å². The standard InChI is InChI=1S/C8H15NO2/c1-2-11-8(10)5-7(9)6-3-4-6/h6-7H,2-5,9H2,1H3/t7-/m1/s1. The van der Waals surface area contributed by atoms with Crippen molar-refractivity contribution in [3.63, 3.8) is 0 Å². The van der Waals surface area contributed by atoms with Crippen LogP contribution < -0.4 is 5.73 Å². The van der Waals surface area contributed by atoms with Gasteiger partial charge >= 0.3 is 5.97 Å². The van der Waals surface area contributed by atoms with Gasteiger partial charge in [0.1, 0.15) is 0 Å². The first-order valence-electron chi connectivity index (χ1n) is 4.15. The van der Waals surface area contributed by atoms with Gasteiger partial charge in [-0.05, 0) is 25.7 Å². The molecular formula is C8H15NO2. The molecule has 0 spiro atoms. The van der Waals surface area contributed by atoms with Crippen LogP contribution in [0.25, 0.3) is 0 Å². The molecular weight excluding hydrogens is 142 g/mol. The first-order valence-corrected chi connectivity index (χ1v) is 4.15. The summed E-state index contributed by atoms with van der Waals surface area (Å²) in [5.41, 5.74) is 5.71. The van der Waals surface area contributed by atoms with E-state index < -0.39 is 0 Å². The summed E-state index contributed by atoms with van der Waals surface area (Å²) in [4.78, 5) is 10.9. The number of hydrogen-bond donors (Lipinski definition) is 1. The maximum absolute atomic E-state index is 10.9. The highest BCUT2D eigenvalue weighted by atomic mass is 16.5. The van der Waals surface area contributed by atoms with Crippen LogP contribution >= 0.6 is 0 Å². The summed E-state index contributed by atoms with van der Waals surface area (Å²) in [6.07, 6.45) is 2.75. The quantitative estimate of drug-likeness (QED) is 0.610. The fourth-order valence-electron chi connectivity index (χ4n) is 1.10. The zero-order valence-electron chi connectivity index (χ0n) is 6.88. The number of carbonyl (C=O) groups is 1. The van der Waals surface area contributed by atoms with E-state index in [4.69, 9.17) is 10.5 Å². The normalized spacial score (nSPS) is 19.5. The summed E-state index contributed by atoms with van der Waals surface area (Å²) in [5.74, 6) is 0.423. The molecule has 0 heterocycles. The third-order valence-electron chi connectivity index (χ3n) is 1.94. The topological polar surface area (TPSA) is 52.3 Å². The molecule has 0 saturated heterocycles. The first-order chi connectivity index (χ1) is 5.24. The Kier molecular flexibility index (Phi) is 2.88. The molecule has 0 aromatic heterocycles. The van der Waals surface area contributed by atoms with E-state index in [1.807, 2.05) is 0 Å². The van der Waals surface area contributed by atoms with Crippen LogP contribution in [0.15, 0.2) is 0 Å². The lowest BCUT2D eigenvalue weighted by Crippen LogP contribution is -2.26. The SMILES string of the molecule is CCOC(=O)C[C@@H](N)C1CC1. The van der Waals surface area contributed by atoms with E-state index in [1.54, 1.807) is 6.92 Å². The molecule has 2 N–H and O–H groups in total. The zero-order valence-corrected chi connectivity index (χ0v) is 6.88. The average molecular weight is 157 g/mol. The minimum Gasteiger partial charge on any atom is -0.466 e. The molecule has 0 amide bonds. The molecule has 64 valence electrons. The van der Waals surface area contributed by atoms with Gasteiger partial charge in [-0.15, -0.1) is 0 Å². The van der Waals surface area contributed by atoms with Gasteiger partial charge in [-0.2, -0.15) is 0 Å². The van der Waals surface area contributed by atoms with Crippen molar-refractivity contribution >= 4 is 5.97 Å². The molecule has 1 aliphatic carbocycles.